The second kappa shape index (κ2) is 9.07. The number of ketones is 1. The number of hydrogen-bond acceptors (Lipinski definition) is 6. The fourth-order valence-electron chi connectivity index (χ4n) is 2.76. The lowest BCUT2D eigenvalue weighted by Crippen LogP contribution is -2.05. The van der Waals surface area contributed by atoms with Crippen LogP contribution in [0.2, 0.25) is 0 Å². The van der Waals surface area contributed by atoms with Crippen LogP contribution in [-0.2, 0) is 6.61 Å². The van der Waals surface area contributed by atoms with Crippen LogP contribution in [0, 0.1) is 17.6 Å². The van der Waals surface area contributed by atoms with Gasteiger partial charge in [-0.25, -0.2) is 18.7 Å². The molecule has 0 aliphatic heterocycles. The molecule has 1 fully saturated rings. The Labute approximate surface area is 177 Å². The summed E-state index contributed by atoms with van der Waals surface area (Å²) >= 11 is 0. The van der Waals surface area contributed by atoms with Gasteiger partial charge in [-0.15, -0.1) is 0 Å². The molecule has 4 rings (SSSR count). The van der Waals surface area contributed by atoms with Crippen molar-refractivity contribution < 1.29 is 27.8 Å². The zero-order chi connectivity index (χ0) is 21.8. The number of aromatic nitrogens is 2. The maximum atomic E-state index is 14.5. The van der Waals surface area contributed by atoms with Crippen molar-refractivity contribution >= 4 is 5.78 Å². The van der Waals surface area contributed by atoms with E-state index in [9.17, 15) is 13.6 Å². The van der Waals surface area contributed by atoms with Gasteiger partial charge in [-0.1, -0.05) is 6.07 Å². The first kappa shape index (κ1) is 20.7. The second-order valence-corrected chi connectivity index (χ2v) is 7.28. The van der Waals surface area contributed by atoms with Gasteiger partial charge in [0.25, 0.3) is 0 Å². The van der Waals surface area contributed by atoms with Crippen LogP contribution >= 0.6 is 0 Å². The Morgan fingerprint density at radius 2 is 1.74 bits per heavy atom. The monoisotopic (exact) mass is 426 g/mol. The average Bonchev–Trinajstić information content (AvgIpc) is 3.57. The summed E-state index contributed by atoms with van der Waals surface area (Å²) in [6.45, 7) is 1.62. The molecule has 3 aromatic rings. The zero-order valence-corrected chi connectivity index (χ0v) is 16.8. The SMILES string of the molecule is CC(=O)c1cnc(OCc2c(F)cc(Oc3cccc(OCC4CC4)c3)cc2F)cn1. The van der Waals surface area contributed by atoms with Crippen LogP contribution in [-0.4, -0.2) is 22.4 Å². The lowest BCUT2D eigenvalue weighted by atomic mass is 10.2. The largest absolute Gasteiger partial charge is 0.493 e. The lowest BCUT2D eigenvalue weighted by Gasteiger charge is -2.11. The van der Waals surface area contributed by atoms with Gasteiger partial charge < -0.3 is 14.2 Å². The highest BCUT2D eigenvalue weighted by Gasteiger charge is 2.22. The van der Waals surface area contributed by atoms with Crippen molar-refractivity contribution in [1.29, 1.82) is 0 Å². The fraction of sp³-hybridized carbons (Fsp3) is 0.261. The molecule has 1 aliphatic rings. The maximum absolute atomic E-state index is 14.5. The van der Waals surface area contributed by atoms with Crippen molar-refractivity contribution in [2.75, 3.05) is 6.61 Å². The molecule has 1 aliphatic carbocycles. The van der Waals surface area contributed by atoms with Gasteiger partial charge in [0.05, 0.1) is 24.6 Å². The zero-order valence-electron chi connectivity index (χ0n) is 16.8. The number of benzene rings is 2. The number of rotatable bonds is 9. The first-order chi connectivity index (χ1) is 15.0. The van der Waals surface area contributed by atoms with E-state index in [0.29, 0.717) is 24.0 Å². The van der Waals surface area contributed by atoms with E-state index in [1.54, 1.807) is 18.2 Å². The van der Waals surface area contributed by atoms with Gasteiger partial charge in [-0.05, 0) is 30.9 Å². The minimum Gasteiger partial charge on any atom is -0.493 e. The number of halogens is 2. The van der Waals surface area contributed by atoms with Crippen molar-refractivity contribution in [3.63, 3.8) is 0 Å². The highest BCUT2D eigenvalue weighted by molar-refractivity contribution is 5.91. The predicted octanol–water partition coefficient (Wildman–Crippen LogP) is 5.12. The molecule has 8 heteroatoms. The topological polar surface area (TPSA) is 70.5 Å². The second-order valence-electron chi connectivity index (χ2n) is 7.28. The van der Waals surface area contributed by atoms with Crippen LogP contribution in [0.25, 0.3) is 0 Å². The summed E-state index contributed by atoms with van der Waals surface area (Å²) in [6, 6.07) is 9.10. The van der Waals surface area contributed by atoms with Gasteiger partial charge in [0, 0.05) is 25.1 Å². The highest BCUT2D eigenvalue weighted by atomic mass is 19.1. The van der Waals surface area contributed by atoms with Crippen LogP contribution in [0.1, 0.15) is 35.8 Å². The highest BCUT2D eigenvalue weighted by Crippen LogP contribution is 2.31. The van der Waals surface area contributed by atoms with Crippen LogP contribution in [0.5, 0.6) is 23.1 Å². The predicted molar refractivity (Wildman–Crippen MR) is 107 cm³/mol. The first-order valence-corrected chi connectivity index (χ1v) is 9.82. The van der Waals surface area contributed by atoms with E-state index in [2.05, 4.69) is 9.97 Å². The molecule has 31 heavy (non-hydrogen) atoms. The fourth-order valence-corrected chi connectivity index (χ4v) is 2.76. The van der Waals surface area contributed by atoms with E-state index >= 15 is 0 Å². The Bertz CT molecular complexity index is 1060. The van der Waals surface area contributed by atoms with E-state index in [1.165, 1.54) is 32.2 Å². The maximum Gasteiger partial charge on any atom is 0.232 e. The molecule has 0 unspecified atom stereocenters. The summed E-state index contributed by atoms with van der Waals surface area (Å²) < 4.78 is 45.5. The van der Waals surface area contributed by atoms with Crippen molar-refractivity contribution in [2.24, 2.45) is 5.92 Å². The minimum absolute atomic E-state index is 0.0173. The number of ether oxygens (including phenoxy) is 3. The van der Waals surface area contributed by atoms with Gasteiger partial charge in [0.2, 0.25) is 5.88 Å². The molecular formula is C23H20F2N2O4. The molecule has 0 amide bonds. The molecule has 0 saturated heterocycles. The van der Waals surface area contributed by atoms with E-state index in [1.807, 2.05) is 6.07 Å². The Kier molecular flexibility index (Phi) is 6.06. The molecular weight excluding hydrogens is 406 g/mol. The quantitative estimate of drug-likeness (QED) is 0.443. The summed E-state index contributed by atoms with van der Waals surface area (Å²) in [6.07, 6.45) is 4.83. The Morgan fingerprint density at radius 3 is 2.39 bits per heavy atom. The summed E-state index contributed by atoms with van der Waals surface area (Å²) in [5.74, 6) is -0.138. The Hall–Kier alpha value is -3.55. The number of carbonyl (C=O) groups is 1. The molecule has 160 valence electrons. The smallest absolute Gasteiger partial charge is 0.232 e. The van der Waals surface area contributed by atoms with E-state index in [-0.39, 0.29) is 28.7 Å². The standard InChI is InChI=1S/C23H20F2N2O4/c1-14(28)22-10-27-23(11-26-22)30-13-19-20(24)8-18(9-21(19)25)31-17-4-2-3-16(7-17)29-12-15-5-6-15/h2-4,7-11,15H,5-6,12-13H2,1H3. The molecule has 1 aromatic heterocycles. The first-order valence-electron chi connectivity index (χ1n) is 9.82. The molecule has 2 aromatic carbocycles. The number of hydrogen-bond donors (Lipinski definition) is 0. The summed E-state index contributed by atoms with van der Waals surface area (Å²) in [4.78, 5) is 19.0. The van der Waals surface area contributed by atoms with E-state index in [4.69, 9.17) is 14.2 Å². The summed E-state index contributed by atoms with van der Waals surface area (Å²) in [5.41, 5.74) is -0.0977. The number of nitrogens with zero attached hydrogens (tertiary/aromatic N) is 2. The summed E-state index contributed by atoms with van der Waals surface area (Å²) in [7, 11) is 0. The normalized spacial score (nSPS) is 13.0. The van der Waals surface area contributed by atoms with Crippen molar-refractivity contribution in [3.05, 3.63) is 71.7 Å². The molecule has 1 heterocycles. The Morgan fingerprint density at radius 1 is 1.00 bits per heavy atom. The lowest BCUT2D eigenvalue weighted by molar-refractivity contribution is 0.101. The third-order valence-electron chi connectivity index (χ3n) is 4.69. The molecule has 6 nitrogen and oxygen atoms in total. The van der Waals surface area contributed by atoms with Crippen molar-refractivity contribution in [3.8, 4) is 23.1 Å². The number of Topliss-reactive ketones (excluding diaryl/α,β-unsaturated/α-hetero) is 1. The van der Waals surface area contributed by atoms with Crippen LogP contribution in [0.15, 0.2) is 48.8 Å². The third-order valence-corrected chi connectivity index (χ3v) is 4.69. The van der Waals surface area contributed by atoms with Crippen LogP contribution in [0.3, 0.4) is 0 Å². The van der Waals surface area contributed by atoms with E-state index in [0.717, 1.165) is 12.1 Å². The molecule has 0 N–H and O–H groups in total. The average molecular weight is 426 g/mol. The van der Waals surface area contributed by atoms with Gasteiger partial charge in [0.15, 0.2) is 5.78 Å². The minimum atomic E-state index is -0.815. The van der Waals surface area contributed by atoms with Crippen molar-refractivity contribution in [1.82, 2.24) is 9.97 Å². The molecule has 0 spiro atoms. The van der Waals surface area contributed by atoms with Crippen LogP contribution < -0.4 is 14.2 Å². The Balaban J connectivity index is 1.40. The molecule has 0 atom stereocenters. The number of carbonyl (C=O) groups excluding carboxylic acids is 1. The third kappa shape index (κ3) is 5.53. The van der Waals surface area contributed by atoms with Gasteiger partial charge >= 0.3 is 0 Å². The van der Waals surface area contributed by atoms with Gasteiger partial charge in [-0.2, -0.15) is 0 Å². The van der Waals surface area contributed by atoms with Gasteiger partial charge in [-0.3, -0.25) is 4.79 Å². The van der Waals surface area contributed by atoms with Crippen LogP contribution in [0.4, 0.5) is 8.78 Å². The molecule has 1 saturated carbocycles. The van der Waals surface area contributed by atoms with Gasteiger partial charge in [0.1, 0.15) is 41.2 Å². The summed E-state index contributed by atoms with van der Waals surface area (Å²) in [5, 5.41) is 0. The van der Waals surface area contributed by atoms with E-state index < -0.39 is 18.2 Å². The molecule has 0 bridgehead atoms. The molecule has 0 radical (unpaired) electrons. The van der Waals surface area contributed by atoms with Crippen molar-refractivity contribution in [2.45, 2.75) is 26.4 Å².